The highest BCUT2D eigenvalue weighted by Crippen LogP contribution is 2.20. The van der Waals surface area contributed by atoms with Crippen LogP contribution in [0.2, 0.25) is 0 Å². The van der Waals surface area contributed by atoms with Gasteiger partial charge in [-0.05, 0) is 36.4 Å². The monoisotopic (exact) mass is 538 g/mol. The zero-order valence-corrected chi connectivity index (χ0v) is 20.3. The fourth-order valence-electron chi connectivity index (χ4n) is 3.47. The van der Waals surface area contributed by atoms with E-state index in [0.717, 1.165) is 42.1 Å². The predicted molar refractivity (Wildman–Crippen MR) is 128 cm³/mol. The molecular weight excluding hydrogens is 513 g/mol. The summed E-state index contributed by atoms with van der Waals surface area (Å²) in [4.78, 5) is 40.9. The van der Waals surface area contributed by atoms with Crippen LogP contribution in [0.25, 0.3) is 11.5 Å². The molecule has 1 aromatic carbocycles. The van der Waals surface area contributed by atoms with E-state index in [1.807, 2.05) is 47.8 Å². The number of carbonyl (C=O) groups excluding carboxylic acids is 2. The van der Waals surface area contributed by atoms with Gasteiger partial charge in [0.05, 0.1) is 12.2 Å². The van der Waals surface area contributed by atoms with E-state index in [-0.39, 0.29) is 6.04 Å². The molecule has 4 rings (SSSR count). The normalized spacial score (nSPS) is 14.4. The first-order valence-electron chi connectivity index (χ1n) is 11.2. The molecule has 1 fully saturated rings. The summed E-state index contributed by atoms with van der Waals surface area (Å²) in [6.07, 6.45) is -1.78. The lowest BCUT2D eigenvalue weighted by Gasteiger charge is -2.31. The number of nitrogens with one attached hydrogen (secondary N) is 2. The fourth-order valence-corrected chi connectivity index (χ4v) is 4.11. The summed E-state index contributed by atoms with van der Waals surface area (Å²) in [5.74, 6) is -3.27. The number of hydrogen-bond acceptors (Lipinski definition) is 7. The number of aromatic nitrogens is 1. The van der Waals surface area contributed by atoms with Crippen LogP contribution >= 0.6 is 11.3 Å². The van der Waals surface area contributed by atoms with Crippen LogP contribution < -0.4 is 10.6 Å². The van der Waals surface area contributed by atoms with Crippen LogP contribution in [0, 0.1) is 0 Å². The SMILES string of the molecule is O=C(NCc1cccs1)C(=O)NC1CCN(Cc2coc(-c3ccccc3)n2)CC1.O=C(O)C(F)(F)F. The molecule has 0 radical (unpaired) electrons. The van der Waals surface area contributed by atoms with Gasteiger partial charge >= 0.3 is 24.0 Å². The van der Waals surface area contributed by atoms with Gasteiger partial charge in [0, 0.05) is 36.1 Å². The first-order chi connectivity index (χ1) is 17.6. The summed E-state index contributed by atoms with van der Waals surface area (Å²) >= 11 is 1.55. The summed E-state index contributed by atoms with van der Waals surface area (Å²) in [7, 11) is 0. The zero-order valence-electron chi connectivity index (χ0n) is 19.5. The minimum Gasteiger partial charge on any atom is -0.475 e. The van der Waals surface area contributed by atoms with E-state index in [1.54, 1.807) is 17.6 Å². The fraction of sp³-hybridized carbons (Fsp3) is 0.333. The predicted octanol–water partition coefficient (Wildman–Crippen LogP) is 3.43. The first-order valence-corrected chi connectivity index (χ1v) is 12.1. The smallest absolute Gasteiger partial charge is 0.475 e. The van der Waals surface area contributed by atoms with Crippen molar-refractivity contribution in [2.75, 3.05) is 13.1 Å². The number of oxazole rings is 1. The molecule has 1 saturated heterocycles. The highest BCUT2D eigenvalue weighted by atomic mass is 32.1. The number of piperidine rings is 1. The van der Waals surface area contributed by atoms with E-state index >= 15 is 0 Å². The van der Waals surface area contributed by atoms with E-state index in [4.69, 9.17) is 14.3 Å². The van der Waals surface area contributed by atoms with Crippen LogP contribution in [0.5, 0.6) is 0 Å². The maximum atomic E-state index is 12.1. The Kier molecular flexibility index (Phi) is 9.80. The number of carboxylic acid groups (broad SMARTS) is 1. The Hall–Kier alpha value is -3.71. The number of nitrogens with zero attached hydrogens (tertiary/aromatic N) is 2. The van der Waals surface area contributed by atoms with Crippen LogP contribution in [-0.4, -0.2) is 58.1 Å². The van der Waals surface area contributed by atoms with Crippen molar-refractivity contribution in [3.8, 4) is 11.5 Å². The molecule has 37 heavy (non-hydrogen) atoms. The molecule has 3 heterocycles. The van der Waals surface area contributed by atoms with Crippen LogP contribution in [0.15, 0.2) is 58.5 Å². The van der Waals surface area contributed by atoms with E-state index in [0.29, 0.717) is 19.0 Å². The number of hydrogen-bond donors (Lipinski definition) is 3. The number of alkyl halides is 3. The second-order valence-electron chi connectivity index (χ2n) is 8.10. The van der Waals surface area contributed by atoms with Crippen LogP contribution in [0.3, 0.4) is 0 Å². The number of aliphatic carboxylic acids is 1. The molecule has 0 saturated carbocycles. The molecule has 0 aliphatic carbocycles. The number of carbonyl (C=O) groups is 3. The van der Waals surface area contributed by atoms with Crippen molar-refractivity contribution in [3.05, 3.63) is 64.7 Å². The lowest BCUT2D eigenvalue weighted by molar-refractivity contribution is -0.192. The van der Waals surface area contributed by atoms with Gasteiger partial charge in [0.2, 0.25) is 5.89 Å². The Morgan fingerprint density at radius 2 is 1.76 bits per heavy atom. The van der Waals surface area contributed by atoms with Gasteiger partial charge in [-0.25, -0.2) is 9.78 Å². The number of thiophene rings is 1. The van der Waals surface area contributed by atoms with Crippen molar-refractivity contribution in [1.29, 1.82) is 0 Å². The van der Waals surface area contributed by atoms with Gasteiger partial charge in [0.25, 0.3) is 0 Å². The molecule has 198 valence electrons. The summed E-state index contributed by atoms with van der Waals surface area (Å²) < 4.78 is 37.3. The molecule has 2 aromatic heterocycles. The van der Waals surface area contributed by atoms with Crippen molar-refractivity contribution >= 4 is 29.1 Å². The zero-order chi connectivity index (χ0) is 26.8. The van der Waals surface area contributed by atoms with Crippen molar-refractivity contribution < 1.29 is 37.1 Å². The van der Waals surface area contributed by atoms with E-state index < -0.39 is 24.0 Å². The number of benzene rings is 1. The third kappa shape index (κ3) is 9.03. The standard InChI is InChI=1S/C22H24N4O3S.C2HF3O2/c27-20(23-13-19-7-4-12-30-19)21(28)24-17-8-10-26(11-9-17)14-18-15-29-22(25-18)16-5-2-1-3-6-16;3-2(4,5)1(6)7/h1-7,12,15,17H,8-11,13-14H2,(H,23,27)(H,24,28);(H,6,7). The number of halogens is 3. The summed E-state index contributed by atoms with van der Waals surface area (Å²) in [5, 5.41) is 14.6. The highest BCUT2D eigenvalue weighted by Gasteiger charge is 2.38. The van der Waals surface area contributed by atoms with Crippen LogP contribution in [-0.2, 0) is 27.5 Å². The minimum absolute atomic E-state index is 0.0124. The molecule has 1 aliphatic heterocycles. The molecule has 2 amide bonds. The molecule has 1 aliphatic rings. The lowest BCUT2D eigenvalue weighted by Crippen LogP contribution is -2.48. The van der Waals surface area contributed by atoms with E-state index in [9.17, 15) is 22.8 Å². The van der Waals surface area contributed by atoms with Gasteiger partial charge in [-0.15, -0.1) is 11.3 Å². The molecule has 0 bridgehead atoms. The number of rotatable bonds is 6. The molecule has 3 N–H and O–H groups in total. The largest absolute Gasteiger partial charge is 0.490 e. The molecule has 3 aromatic rings. The number of carboxylic acids is 1. The Balaban J connectivity index is 0.000000479. The van der Waals surface area contributed by atoms with Gasteiger partial charge < -0.3 is 20.2 Å². The second-order valence-corrected chi connectivity index (χ2v) is 9.13. The molecule has 0 spiro atoms. The quantitative estimate of drug-likeness (QED) is 0.411. The molecule has 0 atom stereocenters. The van der Waals surface area contributed by atoms with Crippen molar-refractivity contribution in [1.82, 2.24) is 20.5 Å². The van der Waals surface area contributed by atoms with E-state index in [1.165, 1.54) is 0 Å². The Labute approximate surface area is 214 Å². The Morgan fingerprint density at radius 1 is 1.08 bits per heavy atom. The van der Waals surface area contributed by atoms with Crippen molar-refractivity contribution in [2.24, 2.45) is 0 Å². The van der Waals surface area contributed by atoms with Gasteiger partial charge in [-0.3, -0.25) is 14.5 Å². The maximum absolute atomic E-state index is 12.1. The Bertz CT molecular complexity index is 1160. The van der Waals surface area contributed by atoms with Gasteiger partial charge in [0.1, 0.15) is 6.26 Å². The van der Waals surface area contributed by atoms with Gasteiger partial charge in [0.15, 0.2) is 0 Å². The van der Waals surface area contributed by atoms with Crippen LogP contribution in [0.1, 0.15) is 23.4 Å². The molecule has 0 unspecified atom stereocenters. The topological polar surface area (TPSA) is 125 Å². The summed E-state index contributed by atoms with van der Waals surface area (Å²) in [6.45, 7) is 2.74. The summed E-state index contributed by atoms with van der Waals surface area (Å²) in [5.41, 5.74) is 1.85. The molecular formula is C24H25F3N4O5S. The number of amides is 2. The minimum atomic E-state index is -5.08. The Morgan fingerprint density at radius 3 is 2.35 bits per heavy atom. The van der Waals surface area contributed by atoms with Crippen molar-refractivity contribution in [2.45, 2.75) is 38.1 Å². The average molecular weight is 539 g/mol. The third-order valence-electron chi connectivity index (χ3n) is 5.33. The highest BCUT2D eigenvalue weighted by molar-refractivity contribution is 7.09. The second kappa shape index (κ2) is 13.0. The molecule has 13 heteroatoms. The average Bonchev–Trinajstić information content (AvgIpc) is 3.56. The van der Waals surface area contributed by atoms with E-state index in [2.05, 4.69) is 20.5 Å². The van der Waals surface area contributed by atoms with Crippen LogP contribution in [0.4, 0.5) is 13.2 Å². The van der Waals surface area contributed by atoms with Gasteiger partial charge in [-0.2, -0.15) is 13.2 Å². The molecule has 9 nitrogen and oxygen atoms in total. The van der Waals surface area contributed by atoms with Crippen molar-refractivity contribution in [3.63, 3.8) is 0 Å². The maximum Gasteiger partial charge on any atom is 0.490 e. The first kappa shape index (κ1) is 27.9. The summed E-state index contributed by atoms with van der Waals surface area (Å²) in [6, 6.07) is 13.7. The lowest BCUT2D eigenvalue weighted by atomic mass is 10.0. The third-order valence-corrected chi connectivity index (χ3v) is 6.21. The van der Waals surface area contributed by atoms with Gasteiger partial charge in [-0.1, -0.05) is 24.3 Å². The number of likely N-dealkylation sites (tertiary alicyclic amines) is 1.